The van der Waals surface area contributed by atoms with Gasteiger partial charge in [-0.15, -0.1) is 0 Å². The second-order valence-electron chi connectivity index (χ2n) is 6.08. The molecule has 0 bridgehead atoms. The third-order valence-corrected chi connectivity index (χ3v) is 4.88. The van der Waals surface area contributed by atoms with Crippen LogP contribution in [0.1, 0.15) is 33.6 Å². The van der Waals surface area contributed by atoms with Gasteiger partial charge in [0, 0.05) is 17.9 Å². The Morgan fingerprint density at radius 1 is 1.40 bits per heavy atom. The van der Waals surface area contributed by atoms with Gasteiger partial charge in [-0.05, 0) is 50.0 Å². The number of Topliss-reactive ketones (excluding diaryl/α,β-unsaturated/α-hetero) is 1. The lowest BCUT2D eigenvalue weighted by Crippen LogP contribution is -2.49. The van der Waals surface area contributed by atoms with Gasteiger partial charge in [0.1, 0.15) is 12.2 Å². The summed E-state index contributed by atoms with van der Waals surface area (Å²) in [7, 11) is 0. The zero-order valence-corrected chi connectivity index (χ0v) is 11.9. The highest BCUT2D eigenvalue weighted by Gasteiger charge is 2.64. The summed E-state index contributed by atoms with van der Waals surface area (Å²) in [5.74, 6) is -0.563. The molecule has 1 fully saturated rings. The molecular formula is C16H18O4. The summed E-state index contributed by atoms with van der Waals surface area (Å²) in [4.78, 5) is 23.4. The number of hydrogen-bond acceptors (Lipinski definition) is 4. The van der Waals surface area contributed by atoms with E-state index in [1.807, 2.05) is 13.0 Å². The number of esters is 1. The Morgan fingerprint density at radius 3 is 2.60 bits per heavy atom. The van der Waals surface area contributed by atoms with Crippen molar-refractivity contribution in [2.24, 2.45) is 5.41 Å². The first kappa shape index (κ1) is 13.3. The number of ketones is 1. The summed E-state index contributed by atoms with van der Waals surface area (Å²) >= 11 is 0. The lowest BCUT2D eigenvalue weighted by molar-refractivity contribution is -0.139. The number of fused-ring (bicyclic) bond motifs is 1. The second-order valence-corrected chi connectivity index (χ2v) is 6.08. The van der Waals surface area contributed by atoms with E-state index < -0.39 is 5.60 Å². The molecule has 0 heterocycles. The van der Waals surface area contributed by atoms with Crippen molar-refractivity contribution in [3.05, 3.63) is 34.4 Å². The summed E-state index contributed by atoms with van der Waals surface area (Å²) in [6, 6.07) is 0. The Labute approximate surface area is 117 Å². The molecule has 1 spiro atoms. The summed E-state index contributed by atoms with van der Waals surface area (Å²) in [6.07, 6.45) is 5.33. The van der Waals surface area contributed by atoms with Crippen molar-refractivity contribution in [1.29, 1.82) is 0 Å². The number of carbonyl (C=O) groups is 2. The largest absolute Gasteiger partial charge is 0.461 e. The van der Waals surface area contributed by atoms with Crippen molar-refractivity contribution in [3.63, 3.8) is 0 Å². The average molecular weight is 274 g/mol. The van der Waals surface area contributed by atoms with Gasteiger partial charge in [0.05, 0.1) is 0 Å². The number of carbonyl (C=O) groups excluding carboxylic acids is 2. The molecule has 3 rings (SSSR count). The van der Waals surface area contributed by atoms with Crippen LogP contribution in [0.5, 0.6) is 0 Å². The molecule has 0 radical (unpaired) electrons. The van der Waals surface area contributed by atoms with Crippen LogP contribution in [0.15, 0.2) is 34.4 Å². The zero-order valence-electron chi connectivity index (χ0n) is 11.9. The van der Waals surface area contributed by atoms with Gasteiger partial charge in [0.15, 0.2) is 5.78 Å². The number of ether oxygens (including phenoxy) is 1. The molecule has 1 N–H and O–H groups in total. The number of hydrogen-bond donors (Lipinski definition) is 1. The maximum absolute atomic E-state index is 12.5. The van der Waals surface area contributed by atoms with E-state index in [0.717, 1.165) is 29.6 Å². The number of allylic oxidation sites excluding steroid dienone is 2. The molecule has 1 saturated carbocycles. The summed E-state index contributed by atoms with van der Waals surface area (Å²) in [6.45, 7) is 5.13. The van der Waals surface area contributed by atoms with Gasteiger partial charge in [-0.3, -0.25) is 9.59 Å². The first-order chi connectivity index (χ1) is 9.29. The van der Waals surface area contributed by atoms with E-state index in [2.05, 4.69) is 0 Å². The summed E-state index contributed by atoms with van der Waals surface area (Å²) < 4.78 is 4.97. The summed E-state index contributed by atoms with van der Waals surface area (Å²) in [5, 5.41) is 10.6. The highest BCUT2D eigenvalue weighted by molar-refractivity contribution is 6.10. The standard InChI is InChI=1S/C16H18O4/c1-9-12-6-11(8-20-10(2)17)7-13(12)14(18)15(3,19)16(9)4-5-16/h6-7,19H,4-5,8H2,1-3H3/t15-/m0/s1. The highest BCUT2D eigenvalue weighted by Crippen LogP contribution is 2.64. The monoisotopic (exact) mass is 274 g/mol. The number of aliphatic hydroxyl groups is 1. The molecule has 106 valence electrons. The van der Waals surface area contributed by atoms with Crippen molar-refractivity contribution < 1.29 is 19.4 Å². The minimum absolute atomic E-state index is 0.165. The van der Waals surface area contributed by atoms with Crippen molar-refractivity contribution in [2.45, 2.75) is 39.2 Å². The molecule has 0 aromatic rings. The van der Waals surface area contributed by atoms with E-state index in [9.17, 15) is 14.7 Å². The van der Waals surface area contributed by atoms with Crippen LogP contribution in [-0.2, 0) is 14.3 Å². The predicted molar refractivity (Wildman–Crippen MR) is 72.8 cm³/mol. The van der Waals surface area contributed by atoms with Crippen LogP contribution in [0, 0.1) is 5.41 Å². The van der Waals surface area contributed by atoms with E-state index in [1.54, 1.807) is 13.0 Å². The van der Waals surface area contributed by atoms with Crippen LogP contribution in [0.3, 0.4) is 0 Å². The third-order valence-electron chi connectivity index (χ3n) is 4.88. The van der Waals surface area contributed by atoms with Crippen LogP contribution in [-0.4, -0.2) is 29.1 Å². The van der Waals surface area contributed by atoms with Crippen LogP contribution >= 0.6 is 0 Å². The van der Waals surface area contributed by atoms with E-state index in [-0.39, 0.29) is 23.8 Å². The van der Waals surface area contributed by atoms with Crippen molar-refractivity contribution in [3.8, 4) is 0 Å². The van der Waals surface area contributed by atoms with Gasteiger partial charge in [0.2, 0.25) is 0 Å². The van der Waals surface area contributed by atoms with Crippen LogP contribution in [0.2, 0.25) is 0 Å². The molecule has 1 atom stereocenters. The normalized spacial score (nSPS) is 30.1. The minimum Gasteiger partial charge on any atom is -0.461 e. The van der Waals surface area contributed by atoms with Gasteiger partial charge < -0.3 is 9.84 Å². The second kappa shape index (κ2) is 3.92. The molecule has 4 nitrogen and oxygen atoms in total. The van der Waals surface area contributed by atoms with Gasteiger partial charge >= 0.3 is 5.97 Å². The minimum atomic E-state index is -1.32. The van der Waals surface area contributed by atoms with Crippen LogP contribution in [0.25, 0.3) is 0 Å². The van der Waals surface area contributed by atoms with Crippen molar-refractivity contribution >= 4 is 11.8 Å². The Kier molecular flexibility index (Phi) is 2.61. The van der Waals surface area contributed by atoms with Crippen LogP contribution < -0.4 is 0 Å². The Morgan fingerprint density at radius 2 is 2.05 bits per heavy atom. The molecule has 0 aromatic heterocycles. The van der Waals surface area contributed by atoms with Gasteiger partial charge in [-0.2, -0.15) is 0 Å². The maximum Gasteiger partial charge on any atom is 0.302 e. The Balaban J connectivity index is 2.01. The average Bonchev–Trinajstić information content (AvgIpc) is 3.08. The third kappa shape index (κ3) is 1.57. The topological polar surface area (TPSA) is 63.6 Å². The number of rotatable bonds is 2. The van der Waals surface area contributed by atoms with E-state index in [0.29, 0.717) is 5.57 Å². The predicted octanol–water partition coefficient (Wildman–Crippen LogP) is 1.85. The maximum atomic E-state index is 12.5. The molecule has 4 heteroatoms. The molecule has 0 saturated heterocycles. The fourth-order valence-electron chi connectivity index (χ4n) is 3.42. The molecule has 3 aliphatic carbocycles. The van der Waals surface area contributed by atoms with Gasteiger partial charge in [-0.1, -0.05) is 5.57 Å². The first-order valence-corrected chi connectivity index (χ1v) is 6.84. The van der Waals surface area contributed by atoms with Gasteiger partial charge in [-0.25, -0.2) is 0 Å². The Bertz CT molecular complexity index is 612. The molecule has 3 aliphatic rings. The fraction of sp³-hybridized carbons (Fsp3) is 0.500. The summed E-state index contributed by atoms with van der Waals surface area (Å²) in [5.41, 5.74) is 1.62. The van der Waals surface area contributed by atoms with E-state index >= 15 is 0 Å². The molecule has 0 amide bonds. The Hall–Kier alpha value is -1.68. The first-order valence-electron chi connectivity index (χ1n) is 6.84. The quantitative estimate of drug-likeness (QED) is 0.780. The van der Waals surface area contributed by atoms with E-state index in [1.165, 1.54) is 6.92 Å². The molecule has 0 aliphatic heterocycles. The molecular weight excluding hydrogens is 256 g/mol. The zero-order chi connectivity index (χ0) is 14.7. The molecule has 0 aromatic carbocycles. The SMILES string of the molecule is CC(=O)OCC1=CC2=C(C)C3(CC3)[C@@](C)(O)C(=O)C2=C1. The lowest BCUT2D eigenvalue weighted by Gasteiger charge is -2.38. The van der Waals surface area contributed by atoms with Crippen molar-refractivity contribution in [1.82, 2.24) is 0 Å². The van der Waals surface area contributed by atoms with Crippen LogP contribution in [0.4, 0.5) is 0 Å². The van der Waals surface area contributed by atoms with E-state index in [4.69, 9.17) is 4.74 Å². The van der Waals surface area contributed by atoms with Gasteiger partial charge in [0.25, 0.3) is 0 Å². The van der Waals surface area contributed by atoms with Crippen molar-refractivity contribution in [2.75, 3.05) is 6.61 Å². The fourth-order valence-corrected chi connectivity index (χ4v) is 3.42. The highest BCUT2D eigenvalue weighted by atomic mass is 16.5. The smallest absolute Gasteiger partial charge is 0.302 e. The molecule has 20 heavy (non-hydrogen) atoms. The molecule has 0 unspecified atom stereocenters. The lowest BCUT2D eigenvalue weighted by atomic mass is 9.68.